The lowest BCUT2D eigenvalue weighted by Gasteiger charge is -2.39. The van der Waals surface area contributed by atoms with Crippen LogP contribution in [0.2, 0.25) is 0 Å². The van der Waals surface area contributed by atoms with Crippen molar-refractivity contribution in [3.8, 4) is 11.5 Å². The smallest absolute Gasteiger partial charge is 0.161 e. The molecule has 2 aliphatic rings. The molecule has 2 aromatic carbocycles. The highest BCUT2D eigenvalue weighted by Gasteiger charge is 2.42. The Balaban J connectivity index is 1.42. The standard InChI is InChI=1S/C23H29NO3/c1-3-25-21-10-9-18(15-22(21)26-4-2)16-24-13-11-23(12-14-24)20-8-6-5-7-19(20)17-27-23/h5-10,15H,3-4,11-14,16-17H2,1-2H3. The summed E-state index contributed by atoms with van der Waals surface area (Å²) in [5, 5.41) is 0. The van der Waals surface area contributed by atoms with Crippen molar-refractivity contribution in [2.75, 3.05) is 26.3 Å². The van der Waals surface area contributed by atoms with Crippen molar-refractivity contribution in [2.24, 2.45) is 0 Å². The summed E-state index contributed by atoms with van der Waals surface area (Å²) >= 11 is 0. The van der Waals surface area contributed by atoms with E-state index in [0.29, 0.717) is 13.2 Å². The van der Waals surface area contributed by atoms with Gasteiger partial charge in [0.25, 0.3) is 0 Å². The molecule has 1 fully saturated rings. The van der Waals surface area contributed by atoms with Crippen LogP contribution >= 0.6 is 0 Å². The summed E-state index contributed by atoms with van der Waals surface area (Å²) in [4.78, 5) is 2.51. The van der Waals surface area contributed by atoms with Gasteiger partial charge in [-0.1, -0.05) is 30.3 Å². The maximum atomic E-state index is 6.28. The number of piperidine rings is 1. The lowest BCUT2D eigenvalue weighted by molar-refractivity contribution is -0.0799. The Hall–Kier alpha value is -2.04. The Kier molecular flexibility index (Phi) is 5.37. The molecule has 0 bridgehead atoms. The van der Waals surface area contributed by atoms with Crippen LogP contribution in [0.3, 0.4) is 0 Å². The minimum atomic E-state index is -0.0671. The maximum Gasteiger partial charge on any atom is 0.161 e. The van der Waals surface area contributed by atoms with Crippen molar-refractivity contribution >= 4 is 0 Å². The molecular weight excluding hydrogens is 338 g/mol. The second-order valence-corrected chi connectivity index (χ2v) is 7.36. The number of benzene rings is 2. The number of ether oxygens (including phenoxy) is 3. The molecule has 0 unspecified atom stereocenters. The largest absolute Gasteiger partial charge is 0.490 e. The second-order valence-electron chi connectivity index (χ2n) is 7.36. The summed E-state index contributed by atoms with van der Waals surface area (Å²) < 4.78 is 17.7. The summed E-state index contributed by atoms with van der Waals surface area (Å²) in [6.07, 6.45) is 2.11. The third-order valence-corrected chi connectivity index (χ3v) is 5.69. The van der Waals surface area contributed by atoms with Gasteiger partial charge in [-0.05, 0) is 55.5 Å². The number of fused-ring (bicyclic) bond motifs is 2. The molecule has 0 N–H and O–H groups in total. The average molecular weight is 367 g/mol. The Labute approximate surface area is 162 Å². The summed E-state index contributed by atoms with van der Waals surface area (Å²) in [6, 6.07) is 15.0. The van der Waals surface area contributed by atoms with Crippen LogP contribution in [0.1, 0.15) is 43.4 Å². The van der Waals surface area contributed by atoms with Gasteiger partial charge in [0.15, 0.2) is 11.5 Å². The van der Waals surface area contributed by atoms with Crippen LogP contribution in [0.15, 0.2) is 42.5 Å². The van der Waals surface area contributed by atoms with E-state index in [2.05, 4.69) is 41.3 Å². The summed E-state index contributed by atoms with van der Waals surface area (Å²) in [5.41, 5.74) is 3.97. The first-order valence-corrected chi connectivity index (χ1v) is 10.1. The molecule has 2 heterocycles. The van der Waals surface area contributed by atoms with Crippen LogP contribution in [0.4, 0.5) is 0 Å². The Morgan fingerprint density at radius 3 is 2.48 bits per heavy atom. The SMILES string of the molecule is CCOc1ccc(CN2CCC3(CC2)OCc2ccccc23)cc1OCC. The lowest BCUT2D eigenvalue weighted by atomic mass is 9.84. The topological polar surface area (TPSA) is 30.9 Å². The molecule has 0 saturated carbocycles. The molecule has 4 heteroatoms. The molecule has 0 aliphatic carbocycles. The highest BCUT2D eigenvalue weighted by Crippen LogP contribution is 2.44. The van der Waals surface area contributed by atoms with Gasteiger partial charge in [0.2, 0.25) is 0 Å². The monoisotopic (exact) mass is 367 g/mol. The zero-order valence-electron chi connectivity index (χ0n) is 16.4. The molecule has 2 aromatic rings. The van der Waals surface area contributed by atoms with Crippen molar-refractivity contribution in [3.63, 3.8) is 0 Å². The Morgan fingerprint density at radius 2 is 1.70 bits per heavy atom. The highest BCUT2D eigenvalue weighted by atomic mass is 16.5. The summed E-state index contributed by atoms with van der Waals surface area (Å²) in [7, 11) is 0. The molecule has 144 valence electrons. The van der Waals surface area contributed by atoms with Crippen LogP contribution < -0.4 is 9.47 Å². The third kappa shape index (κ3) is 3.69. The van der Waals surface area contributed by atoms with Gasteiger partial charge in [0.1, 0.15) is 0 Å². The first kappa shape index (κ1) is 18.3. The second kappa shape index (κ2) is 7.91. The molecular formula is C23H29NO3. The minimum absolute atomic E-state index is 0.0671. The van der Waals surface area contributed by atoms with E-state index in [1.165, 1.54) is 16.7 Å². The van der Waals surface area contributed by atoms with Gasteiger partial charge in [0, 0.05) is 19.6 Å². The van der Waals surface area contributed by atoms with Crippen molar-refractivity contribution in [2.45, 2.75) is 45.4 Å². The highest BCUT2D eigenvalue weighted by molar-refractivity contribution is 5.43. The zero-order valence-corrected chi connectivity index (χ0v) is 16.4. The lowest BCUT2D eigenvalue weighted by Crippen LogP contribution is -2.42. The predicted molar refractivity (Wildman–Crippen MR) is 106 cm³/mol. The fourth-order valence-electron chi connectivity index (χ4n) is 4.32. The quantitative estimate of drug-likeness (QED) is 0.752. The normalized spacial score (nSPS) is 18.4. The van der Waals surface area contributed by atoms with E-state index < -0.39 is 0 Å². The molecule has 2 aliphatic heterocycles. The van der Waals surface area contributed by atoms with Gasteiger partial charge >= 0.3 is 0 Å². The van der Waals surface area contributed by atoms with Gasteiger partial charge in [-0.2, -0.15) is 0 Å². The molecule has 0 aromatic heterocycles. The van der Waals surface area contributed by atoms with Gasteiger partial charge in [0.05, 0.1) is 25.4 Å². The third-order valence-electron chi connectivity index (χ3n) is 5.69. The number of hydrogen-bond donors (Lipinski definition) is 0. The Bertz CT molecular complexity index is 781. The van der Waals surface area contributed by atoms with Gasteiger partial charge in [-0.3, -0.25) is 4.90 Å². The van der Waals surface area contributed by atoms with Crippen LogP contribution in [-0.2, 0) is 23.5 Å². The van der Waals surface area contributed by atoms with Crippen LogP contribution in [0.5, 0.6) is 11.5 Å². The van der Waals surface area contributed by atoms with E-state index >= 15 is 0 Å². The van der Waals surface area contributed by atoms with Crippen LogP contribution in [0, 0.1) is 0 Å². The molecule has 1 spiro atoms. The first-order valence-electron chi connectivity index (χ1n) is 10.1. The zero-order chi connectivity index (χ0) is 18.7. The molecule has 27 heavy (non-hydrogen) atoms. The van der Waals surface area contributed by atoms with E-state index in [9.17, 15) is 0 Å². The number of rotatable bonds is 6. The molecule has 0 atom stereocenters. The van der Waals surface area contributed by atoms with Crippen molar-refractivity contribution < 1.29 is 14.2 Å². The fourth-order valence-corrected chi connectivity index (χ4v) is 4.32. The van der Waals surface area contributed by atoms with Crippen LogP contribution in [0.25, 0.3) is 0 Å². The van der Waals surface area contributed by atoms with E-state index in [1.54, 1.807) is 0 Å². The maximum absolute atomic E-state index is 6.28. The minimum Gasteiger partial charge on any atom is -0.490 e. The first-order chi connectivity index (χ1) is 13.2. The molecule has 0 radical (unpaired) electrons. The van der Waals surface area contributed by atoms with E-state index in [4.69, 9.17) is 14.2 Å². The number of hydrogen-bond acceptors (Lipinski definition) is 4. The van der Waals surface area contributed by atoms with Crippen molar-refractivity contribution in [1.29, 1.82) is 0 Å². The van der Waals surface area contributed by atoms with Crippen molar-refractivity contribution in [1.82, 2.24) is 4.90 Å². The van der Waals surface area contributed by atoms with Crippen molar-refractivity contribution in [3.05, 3.63) is 59.2 Å². The van der Waals surface area contributed by atoms with Gasteiger partial charge in [-0.15, -0.1) is 0 Å². The van der Waals surface area contributed by atoms with Crippen LogP contribution in [-0.4, -0.2) is 31.2 Å². The number of likely N-dealkylation sites (tertiary alicyclic amines) is 1. The Morgan fingerprint density at radius 1 is 0.963 bits per heavy atom. The predicted octanol–water partition coefficient (Wildman–Crippen LogP) is 4.51. The fraction of sp³-hybridized carbons (Fsp3) is 0.478. The molecule has 1 saturated heterocycles. The average Bonchev–Trinajstić information content (AvgIpc) is 3.05. The molecule has 4 nitrogen and oxygen atoms in total. The van der Waals surface area contributed by atoms with E-state index in [-0.39, 0.29) is 5.60 Å². The van der Waals surface area contributed by atoms with E-state index in [0.717, 1.165) is 50.6 Å². The molecule has 4 rings (SSSR count). The van der Waals surface area contributed by atoms with Gasteiger partial charge < -0.3 is 14.2 Å². The summed E-state index contributed by atoms with van der Waals surface area (Å²) in [6.45, 7) is 9.08. The molecule has 0 amide bonds. The van der Waals surface area contributed by atoms with E-state index in [1.807, 2.05) is 19.9 Å². The van der Waals surface area contributed by atoms with Gasteiger partial charge in [-0.25, -0.2) is 0 Å². The summed E-state index contributed by atoms with van der Waals surface area (Å²) in [5.74, 6) is 1.68. The number of nitrogens with zero attached hydrogens (tertiary/aromatic N) is 1.